The van der Waals surface area contributed by atoms with Crippen LogP contribution in [0.1, 0.15) is 13.8 Å². The van der Waals surface area contributed by atoms with Gasteiger partial charge in [-0.05, 0) is 24.5 Å². The Morgan fingerprint density at radius 2 is 1.75 bits per heavy atom. The molecule has 0 aliphatic heterocycles. The molecule has 0 bridgehead atoms. The average molecular weight is 223 g/mol. The Bertz CT molecular complexity index is 236. The Balaban J connectivity index is 0.000000561. The first kappa shape index (κ1) is 12.2. The maximum atomic E-state index is 5.82. The van der Waals surface area contributed by atoms with Gasteiger partial charge >= 0.3 is 0 Å². The van der Waals surface area contributed by atoms with E-state index in [1.54, 1.807) is 17.8 Å². The quantitative estimate of drug-likeness (QED) is 0.619. The summed E-state index contributed by atoms with van der Waals surface area (Å²) in [5.74, 6) is 0. The van der Waals surface area contributed by atoms with Gasteiger partial charge in [-0.3, -0.25) is 0 Å². The van der Waals surface area contributed by atoms with Crippen LogP contribution >= 0.6 is 35.0 Å². The van der Waals surface area contributed by atoms with E-state index in [0.29, 0.717) is 5.02 Å². The molecule has 0 saturated carbocycles. The van der Waals surface area contributed by atoms with Crippen molar-refractivity contribution in [2.45, 2.75) is 18.7 Å². The largest absolute Gasteiger partial charge is 0.128 e. The lowest BCUT2D eigenvalue weighted by Gasteiger charge is -1.98. The smallest absolute Gasteiger partial charge is 0.0556 e. The lowest BCUT2D eigenvalue weighted by atomic mass is 10.4. The lowest BCUT2D eigenvalue weighted by molar-refractivity contribution is 1.47. The third kappa shape index (κ3) is 3.70. The fraction of sp³-hybridized carbons (Fsp3) is 0.333. The van der Waals surface area contributed by atoms with Crippen molar-refractivity contribution in [3.05, 3.63) is 28.2 Å². The van der Waals surface area contributed by atoms with Crippen molar-refractivity contribution in [3.63, 3.8) is 0 Å². The topological polar surface area (TPSA) is 0 Å². The van der Waals surface area contributed by atoms with Crippen molar-refractivity contribution in [2.24, 2.45) is 0 Å². The molecular formula is C9H12Cl2S. The summed E-state index contributed by atoms with van der Waals surface area (Å²) in [6.07, 6.45) is 1.98. The molecule has 0 nitrogen and oxygen atoms in total. The van der Waals surface area contributed by atoms with Crippen LogP contribution in [-0.4, -0.2) is 6.26 Å². The molecule has 12 heavy (non-hydrogen) atoms. The number of halogens is 2. The predicted octanol–water partition coefficient (Wildman–Crippen LogP) is 4.74. The monoisotopic (exact) mass is 222 g/mol. The van der Waals surface area contributed by atoms with E-state index in [1.165, 1.54) is 0 Å². The molecule has 0 aromatic heterocycles. The van der Waals surface area contributed by atoms with Crippen LogP contribution in [0.3, 0.4) is 0 Å². The summed E-state index contributed by atoms with van der Waals surface area (Å²) in [4.78, 5) is 1.06. The number of benzene rings is 1. The normalized spacial score (nSPS) is 8.75. The number of hydrogen-bond donors (Lipinski definition) is 0. The highest BCUT2D eigenvalue weighted by molar-refractivity contribution is 7.98. The first-order chi connectivity index (χ1) is 5.74. The molecule has 0 amide bonds. The molecule has 3 heteroatoms. The molecule has 0 spiro atoms. The summed E-state index contributed by atoms with van der Waals surface area (Å²) in [5, 5.41) is 1.41. The fourth-order valence-corrected chi connectivity index (χ4v) is 1.74. The molecule has 1 aromatic carbocycles. The Morgan fingerprint density at radius 3 is 2.17 bits per heavy atom. The zero-order valence-corrected chi connectivity index (χ0v) is 9.72. The van der Waals surface area contributed by atoms with Crippen molar-refractivity contribution < 1.29 is 0 Å². The van der Waals surface area contributed by atoms with Gasteiger partial charge in [0.25, 0.3) is 0 Å². The molecule has 1 rings (SSSR count). The molecule has 0 aliphatic carbocycles. The zero-order valence-electron chi connectivity index (χ0n) is 7.40. The minimum absolute atomic E-state index is 0.683. The van der Waals surface area contributed by atoms with E-state index in [-0.39, 0.29) is 0 Å². The molecule has 0 fully saturated rings. The average Bonchev–Trinajstić information content (AvgIpc) is 2.08. The first-order valence-electron chi connectivity index (χ1n) is 3.73. The van der Waals surface area contributed by atoms with Crippen LogP contribution in [0.2, 0.25) is 10.0 Å². The number of rotatable bonds is 1. The fourth-order valence-electron chi connectivity index (χ4n) is 0.641. The standard InChI is InChI=1S/C7H6Cl2S.C2H6/c1-10-7-3-2-5(8)4-6(7)9;1-2/h2-4H,1H3;1-2H3. The summed E-state index contributed by atoms with van der Waals surface area (Å²) in [6.45, 7) is 4.00. The van der Waals surface area contributed by atoms with Gasteiger partial charge in [-0.1, -0.05) is 37.0 Å². The lowest BCUT2D eigenvalue weighted by Crippen LogP contribution is -1.71. The minimum Gasteiger partial charge on any atom is -0.128 e. The van der Waals surface area contributed by atoms with Gasteiger partial charge < -0.3 is 0 Å². The molecule has 68 valence electrons. The summed E-state index contributed by atoms with van der Waals surface area (Å²) < 4.78 is 0. The van der Waals surface area contributed by atoms with Crippen LogP contribution in [0, 0.1) is 0 Å². The van der Waals surface area contributed by atoms with E-state index in [0.717, 1.165) is 9.92 Å². The van der Waals surface area contributed by atoms with Gasteiger partial charge in [0.05, 0.1) is 5.02 Å². The molecule has 0 unspecified atom stereocenters. The molecule has 0 N–H and O–H groups in total. The molecule has 0 saturated heterocycles. The van der Waals surface area contributed by atoms with Gasteiger partial charge in [0, 0.05) is 9.92 Å². The van der Waals surface area contributed by atoms with Gasteiger partial charge in [-0.2, -0.15) is 0 Å². The van der Waals surface area contributed by atoms with Crippen molar-refractivity contribution in [1.82, 2.24) is 0 Å². The van der Waals surface area contributed by atoms with Crippen molar-refractivity contribution in [3.8, 4) is 0 Å². The SMILES string of the molecule is CC.CSc1ccc(Cl)cc1Cl. The van der Waals surface area contributed by atoms with Crippen molar-refractivity contribution >= 4 is 35.0 Å². The summed E-state index contributed by atoms with van der Waals surface area (Å²) in [6, 6.07) is 5.49. The van der Waals surface area contributed by atoms with Gasteiger partial charge in [0.1, 0.15) is 0 Å². The highest BCUT2D eigenvalue weighted by atomic mass is 35.5. The zero-order chi connectivity index (χ0) is 9.56. The first-order valence-corrected chi connectivity index (χ1v) is 5.71. The van der Waals surface area contributed by atoms with E-state index in [1.807, 2.05) is 32.2 Å². The van der Waals surface area contributed by atoms with E-state index >= 15 is 0 Å². The maximum absolute atomic E-state index is 5.82. The van der Waals surface area contributed by atoms with Gasteiger partial charge in [-0.25, -0.2) is 0 Å². The Kier molecular flexibility index (Phi) is 6.73. The van der Waals surface area contributed by atoms with Crippen LogP contribution in [0.4, 0.5) is 0 Å². The van der Waals surface area contributed by atoms with E-state index in [2.05, 4.69) is 0 Å². The van der Waals surface area contributed by atoms with Gasteiger partial charge in [-0.15, -0.1) is 11.8 Å². The third-order valence-electron chi connectivity index (χ3n) is 1.11. The van der Waals surface area contributed by atoms with Crippen LogP contribution in [0.5, 0.6) is 0 Å². The van der Waals surface area contributed by atoms with E-state index < -0.39 is 0 Å². The van der Waals surface area contributed by atoms with Crippen LogP contribution in [0.15, 0.2) is 23.1 Å². The second kappa shape index (κ2) is 6.64. The van der Waals surface area contributed by atoms with Crippen molar-refractivity contribution in [2.75, 3.05) is 6.26 Å². The summed E-state index contributed by atoms with van der Waals surface area (Å²) in [7, 11) is 0. The Labute approximate surface area is 88.3 Å². The van der Waals surface area contributed by atoms with Crippen molar-refractivity contribution in [1.29, 1.82) is 0 Å². The maximum Gasteiger partial charge on any atom is 0.0556 e. The second-order valence-electron chi connectivity index (χ2n) is 1.78. The van der Waals surface area contributed by atoms with Crippen LogP contribution in [0.25, 0.3) is 0 Å². The summed E-state index contributed by atoms with van der Waals surface area (Å²) in [5.41, 5.74) is 0. The molecule has 0 atom stereocenters. The molecule has 0 aliphatic rings. The van der Waals surface area contributed by atoms with E-state index in [9.17, 15) is 0 Å². The predicted molar refractivity (Wildman–Crippen MR) is 59.6 cm³/mol. The number of hydrogen-bond acceptors (Lipinski definition) is 1. The highest BCUT2D eigenvalue weighted by Gasteiger charge is 1.97. The minimum atomic E-state index is 0.683. The second-order valence-corrected chi connectivity index (χ2v) is 3.47. The molecule has 0 heterocycles. The van der Waals surface area contributed by atoms with Gasteiger partial charge in [0.15, 0.2) is 0 Å². The number of thioether (sulfide) groups is 1. The molecule has 0 radical (unpaired) electrons. The van der Waals surface area contributed by atoms with E-state index in [4.69, 9.17) is 23.2 Å². The van der Waals surface area contributed by atoms with Crippen LogP contribution < -0.4 is 0 Å². The molecule has 1 aromatic rings. The Hall–Kier alpha value is 0.150. The van der Waals surface area contributed by atoms with Gasteiger partial charge in [0.2, 0.25) is 0 Å². The molecular weight excluding hydrogens is 211 g/mol. The third-order valence-corrected chi connectivity index (χ3v) is 2.57. The highest BCUT2D eigenvalue weighted by Crippen LogP contribution is 2.27. The Morgan fingerprint density at radius 1 is 1.17 bits per heavy atom. The van der Waals surface area contributed by atoms with Crippen LogP contribution in [-0.2, 0) is 0 Å². The summed E-state index contributed by atoms with van der Waals surface area (Å²) >= 11 is 13.1.